The molecule has 0 saturated carbocycles. The Morgan fingerprint density at radius 3 is 2.89 bits per heavy atom. The molecule has 1 aliphatic rings. The molecule has 0 bridgehead atoms. The van der Waals surface area contributed by atoms with Crippen molar-refractivity contribution in [2.24, 2.45) is 0 Å². The largest absolute Gasteiger partial charge is 0.392 e. The van der Waals surface area contributed by atoms with Crippen molar-refractivity contribution in [3.63, 3.8) is 0 Å². The summed E-state index contributed by atoms with van der Waals surface area (Å²) in [6.07, 6.45) is -2.76. The van der Waals surface area contributed by atoms with E-state index in [0.717, 1.165) is 0 Å². The molecule has 1 aromatic rings. The highest BCUT2D eigenvalue weighted by molar-refractivity contribution is 5.95. The van der Waals surface area contributed by atoms with Crippen LogP contribution in [0.5, 0.6) is 0 Å². The Labute approximate surface area is 103 Å². The zero-order valence-electron chi connectivity index (χ0n) is 9.57. The Hall–Kier alpha value is -1.53. The molecule has 0 spiro atoms. The summed E-state index contributed by atoms with van der Waals surface area (Å²) in [4.78, 5) is 11.8. The maximum absolute atomic E-state index is 12.5. The molecule has 0 aliphatic carbocycles. The Balaban J connectivity index is 2.00. The van der Waals surface area contributed by atoms with E-state index < -0.39 is 18.6 Å². The number of rotatable bonds is 3. The Morgan fingerprint density at radius 1 is 1.50 bits per heavy atom. The molecular formula is C12H14F2N2O2. The third-order valence-corrected chi connectivity index (χ3v) is 2.83. The van der Waals surface area contributed by atoms with Gasteiger partial charge in [0.15, 0.2) is 0 Å². The normalized spacial score (nSPS) is 23.3. The lowest BCUT2D eigenvalue weighted by Crippen LogP contribution is -2.35. The quantitative estimate of drug-likeness (QED) is 0.763. The van der Waals surface area contributed by atoms with Gasteiger partial charge in [0, 0.05) is 17.8 Å². The fourth-order valence-corrected chi connectivity index (χ4v) is 1.90. The first-order valence-corrected chi connectivity index (χ1v) is 5.66. The zero-order valence-corrected chi connectivity index (χ0v) is 9.57. The maximum Gasteiger partial charge on any atom is 0.263 e. The van der Waals surface area contributed by atoms with Crippen LogP contribution in [0, 0.1) is 0 Å². The molecule has 2 rings (SSSR count). The van der Waals surface area contributed by atoms with Gasteiger partial charge in [0.1, 0.15) is 0 Å². The molecule has 1 aliphatic heterocycles. The van der Waals surface area contributed by atoms with Crippen LogP contribution in [0.25, 0.3) is 0 Å². The first kappa shape index (κ1) is 12.9. The topological polar surface area (TPSA) is 61.4 Å². The molecule has 1 amide bonds. The van der Waals surface area contributed by atoms with E-state index in [0.29, 0.717) is 18.7 Å². The van der Waals surface area contributed by atoms with E-state index in [4.69, 9.17) is 0 Å². The predicted molar refractivity (Wildman–Crippen MR) is 62.4 cm³/mol. The summed E-state index contributed by atoms with van der Waals surface area (Å²) in [6.45, 7) is 0.370. The number of nitrogens with one attached hydrogen (secondary N) is 2. The number of amides is 1. The molecule has 6 heteroatoms. The molecule has 2 unspecified atom stereocenters. The van der Waals surface area contributed by atoms with Crippen LogP contribution < -0.4 is 10.6 Å². The van der Waals surface area contributed by atoms with E-state index in [9.17, 15) is 18.7 Å². The molecule has 18 heavy (non-hydrogen) atoms. The Kier molecular flexibility index (Phi) is 3.88. The van der Waals surface area contributed by atoms with Crippen LogP contribution in [-0.2, 0) is 4.79 Å². The lowest BCUT2D eigenvalue weighted by molar-refractivity contribution is -0.117. The molecule has 2 atom stereocenters. The Bertz CT molecular complexity index is 440. The van der Waals surface area contributed by atoms with Gasteiger partial charge in [-0.25, -0.2) is 8.78 Å². The second-order valence-electron chi connectivity index (χ2n) is 4.27. The molecule has 1 fully saturated rings. The third-order valence-electron chi connectivity index (χ3n) is 2.83. The van der Waals surface area contributed by atoms with Crippen molar-refractivity contribution >= 4 is 11.6 Å². The minimum Gasteiger partial charge on any atom is -0.392 e. The van der Waals surface area contributed by atoms with Crippen LogP contribution >= 0.6 is 0 Å². The fraction of sp³-hybridized carbons (Fsp3) is 0.417. The number of carbonyl (C=O) groups is 1. The molecule has 3 N–H and O–H groups in total. The van der Waals surface area contributed by atoms with Crippen LogP contribution in [-0.4, -0.2) is 29.7 Å². The van der Waals surface area contributed by atoms with Crippen LogP contribution in [0.15, 0.2) is 24.3 Å². The number of carbonyl (C=O) groups excluding carboxylic acids is 1. The monoisotopic (exact) mass is 256 g/mol. The first-order valence-electron chi connectivity index (χ1n) is 5.66. The van der Waals surface area contributed by atoms with E-state index in [1.54, 1.807) is 6.07 Å². The zero-order chi connectivity index (χ0) is 13.1. The van der Waals surface area contributed by atoms with Gasteiger partial charge < -0.3 is 15.7 Å². The van der Waals surface area contributed by atoms with E-state index in [-0.39, 0.29) is 11.5 Å². The van der Waals surface area contributed by atoms with Crippen LogP contribution in [0.1, 0.15) is 18.4 Å². The van der Waals surface area contributed by atoms with Crippen molar-refractivity contribution < 1.29 is 18.7 Å². The number of β-amino-alcohol motifs (C(OH)–C–C–N with tert-alkyl or cyclic N) is 1. The summed E-state index contributed by atoms with van der Waals surface area (Å²) in [5.74, 6) is -0.321. The van der Waals surface area contributed by atoms with Crippen molar-refractivity contribution in [3.8, 4) is 0 Å². The number of aliphatic hydroxyl groups is 1. The predicted octanol–water partition coefficient (Wildman–Crippen LogP) is 1.29. The minimum atomic E-state index is -2.56. The Morgan fingerprint density at radius 2 is 2.28 bits per heavy atom. The van der Waals surface area contributed by atoms with Crippen molar-refractivity contribution in [1.29, 1.82) is 0 Å². The molecule has 98 valence electrons. The van der Waals surface area contributed by atoms with Gasteiger partial charge in [0.2, 0.25) is 5.91 Å². The molecular weight excluding hydrogens is 242 g/mol. The van der Waals surface area contributed by atoms with Crippen molar-refractivity contribution in [2.45, 2.75) is 25.0 Å². The average Bonchev–Trinajstić information content (AvgIpc) is 2.76. The lowest BCUT2D eigenvalue weighted by Gasteiger charge is -2.11. The van der Waals surface area contributed by atoms with Crippen molar-refractivity contribution in [3.05, 3.63) is 29.8 Å². The van der Waals surface area contributed by atoms with E-state index in [2.05, 4.69) is 10.6 Å². The van der Waals surface area contributed by atoms with Gasteiger partial charge in [-0.1, -0.05) is 12.1 Å². The smallest absolute Gasteiger partial charge is 0.263 e. The number of hydrogen-bond acceptors (Lipinski definition) is 3. The molecule has 1 saturated heterocycles. The van der Waals surface area contributed by atoms with Crippen molar-refractivity contribution in [1.82, 2.24) is 5.32 Å². The minimum absolute atomic E-state index is 0.132. The first-order chi connectivity index (χ1) is 8.56. The van der Waals surface area contributed by atoms with Crippen LogP contribution in [0.2, 0.25) is 0 Å². The second-order valence-corrected chi connectivity index (χ2v) is 4.27. The van der Waals surface area contributed by atoms with Gasteiger partial charge in [0.25, 0.3) is 6.43 Å². The summed E-state index contributed by atoms with van der Waals surface area (Å²) in [5, 5.41) is 14.7. The number of anilines is 1. The van der Waals surface area contributed by atoms with Crippen molar-refractivity contribution in [2.75, 3.05) is 11.9 Å². The summed E-state index contributed by atoms with van der Waals surface area (Å²) in [7, 11) is 0. The number of aliphatic hydroxyl groups excluding tert-OH is 1. The SMILES string of the molecule is O=C(Nc1cccc(C(F)F)c1)C1CC(O)CN1. The fourth-order valence-electron chi connectivity index (χ4n) is 1.90. The van der Waals surface area contributed by atoms with Crippen LogP contribution in [0.4, 0.5) is 14.5 Å². The third kappa shape index (κ3) is 3.02. The number of benzene rings is 1. The molecule has 1 heterocycles. The summed E-state index contributed by atoms with van der Waals surface area (Å²) in [6, 6.07) is 5.09. The number of alkyl halides is 2. The van der Waals surface area contributed by atoms with Gasteiger partial charge in [0.05, 0.1) is 12.1 Å². The number of halogens is 2. The molecule has 0 radical (unpaired) electrons. The van der Waals surface area contributed by atoms with Gasteiger partial charge >= 0.3 is 0 Å². The van der Waals surface area contributed by atoms with E-state index in [1.165, 1.54) is 18.2 Å². The summed E-state index contributed by atoms with van der Waals surface area (Å²) < 4.78 is 25.0. The van der Waals surface area contributed by atoms with Gasteiger partial charge in [-0.05, 0) is 18.6 Å². The highest BCUT2D eigenvalue weighted by Gasteiger charge is 2.28. The highest BCUT2D eigenvalue weighted by atomic mass is 19.3. The maximum atomic E-state index is 12.5. The van der Waals surface area contributed by atoms with Gasteiger partial charge in [-0.15, -0.1) is 0 Å². The summed E-state index contributed by atoms with van der Waals surface area (Å²) >= 11 is 0. The average molecular weight is 256 g/mol. The standard InChI is InChI=1S/C12H14F2N2O2/c13-11(14)7-2-1-3-8(4-7)16-12(18)10-5-9(17)6-15-10/h1-4,9-11,15,17H,5-6H2,(H,16,18). The van der Waals surface area contributed by atoms with Crippen LogP contribution in [0.3, 0.4) is 0 Å². The van der Waals surface area contributed by atoms with E-state index >= 15 is 0 Å². The van der Waals surface area contributed by atoms with Gasteiger partial charge in [-0.2, -0.15) is 0 Å². The highest BCUT2D eigenvalue weighted by Crippen LogP contribution is 2.22. The lowest BCUT2D eigenvalue weighted by atomic mass is 10.1. The second kappa shape index (κ2) is 5.41. The number of hydrogen-bond donors (Lipinski definition) is 3. The molecule has 1 aromatic carbocycles. The molecule has 0 aromatic heterocycles. The van der Waals surface area contributed by atoms with E-state index in [1.807, 2.05) is 0 Å². The van der Waals surface area contributed by atoms with Gasteiger partial charge in [-0.3, -0.25) is 4.79 Å². The summed E-state index contributed by atoms with van der Waals surface area (Å²) in [5.41, 5.74) is 0.202. The molecule has 4 nitrogen and oxygen atoms in total.